The number of carbonyl (C=O) groups excluding carboxylic acids is 1. The molecule has 1 N–H and O–H groups in total. The monoisotopic (exact) mass is 537 g/mol. The molecule has 3 nitrogen and oxygen atoms in total. The van der Waals surface area contributed by atoms with Gasteiger partial charge in [-0.2, -0.15) is 0 Å². The first-order valence-electron chi connectivity index (χ1n) is 9.21. The zero-order valence-electron chi connectivity index (χ0n) is 15.3. The van der Waals surface area contributed by atoms with E-state index < -0.39 is 6.10 Å². The largest absolute Gasteiger partial charge is 0.358 e. The van der Waals surface area contributed by atoms with Crippen molar-refractivity contribution in [1.29, 1.82) is 0 Å². The second-order valence-electron chi connectivity index (χ2n) is 6.97. The lowest BCUT2D eigenvalue weighted by Crippen LogP contribution is -2.48. The summed E-state index contributed by atoms with van der Waals surface area (Å²) in [5.41, 5.74) is 2.96. The maximum atomic E-state index is 12.9. The van der Waals surface area contributed by atoms with Gasteiger partial charge in [0, 0.05) is 20.0 Å². The van der Waals surface area contributed by atoms with E-state index in [0.29, 0.717) is 16.5 Å². The molecule has 0 spiro atoms. The highest BCUT2D eigenvalue weighted by Crippen LogP contribution is 2.37. The lowest BCUT2D eigenvalue weighted by atomic mass is 9.92. The fourth-order valence-corrected chi connectivity index (χ4v) is 4.08. The van der Waals surface area contributed by atoms with Crippen LogP contribution in [0.5, 0.6) is 0 Å². The Morgan fingerprint density at radius 2 is 1.38 bits per heavy atom. The van der Waals surface area contributed by atoms with E-state index in [1.54, 1.807) is 0 Å². The Morgan fingerprint density at radius 1 is 0.828 bits per heavy atom. The maximum absolute atomic E-state index is 12.9. The van der Waals surface area contributed by atoms with E-state index in [4.69, 9.17) is 27.9 Å². The molecule has 0 bridgehead atoms. The second-order valence-corrected chi connectivity index (χ2v) is 9.08. The SMILES string of the molecule is O=C1N[C@@H](c2ccc(Cl)cc2)[C@@H](c2ccc(Cl)cc2)OC1Cc1ccc(I)cc1. The Labute approximate surface area is 193 Å². The highest BCUT2D eigenvalue weighted by Gasteiger charge is 2.38. The maximum Gasteiger partial charge on any atom is 0.250 e. The summed E-state index contributed by atoms with van der Waals surface area (Å²) in [5.74, 6) is -0.117. The lowest BCUT2D eigenvalue weighted by molar-refractivity contribution is -0.150. The van der Waals surface area contributed by atoms with Crippen molar-refractivity contribution in [3.63, 3.8) is 0 Å². The quantitative estimate of drug-likeness (QED) is 0.406. The molecule has 1 fully saturated rings. The summed E-state index contributed by atoms with van der Waals surface area (Å²) in [5, 5.41) is 4.46. The summed E-state index contributed by atoms with van der Waals surface area (Å²) in [6.07, 6.45) is -0.389. The van der Waals surface area contributed by atoms with Crippen LogP contribution in [-0.2, 0) is 16.0 Å². The van der Waals surface area contributed by atoms with Crippen LogP contribution >= 0.6 is 45.8 Å². The minimum Gasteiger partial charge on any atom is -0.358 e. The molecule has 3 atom stereocenters. The predicted octanol–water partition coefficient (Wildman–Crippen LogP) is 6.14. The van der Waals surface area contributed by atoms with Gasteiger partial charge in [0.2, 0.25) is 5.91 Å². The third kappa shape index (κ3) is 4.94. The second kappa shape index (κ2) is 9.04. The van der Waals surface area contributed by atoms with Gasteiger partial charge < -0.3 is 10.1 Å². The molecular formula is C23H18Cl2INO2. The first kappa shape index (κ1) is 20.7. The zero-order valence-corrected chi connectivity index (χ0v) is 19.0. The third-order valence-corrected chi connectivity index (χ3v) is 6.19. The van der Waals surface area contributed by atoms with Gasteiger partial charge in [-0.1, -0.05) is 59.6 Å². The molecule has 0 radical (unpaired) electrons. The van der Waals surface area contributed by atoms with E-state index in [2.05, 4.69) is 27.9 Å². The Kier molecular flexibility index (Phi) is 6.44. The van der Waals surface area contributed by atoms with E-state index >= 15 is 0 Å². The van der Waals surface area contributed by atoms with Gasteiger partial charge in [-0.3, -0.25) is 4.79 Å². The van der Waals surface area contributed by atoms with E-state index in [-0.39, 0.29) is 18.1 Å². The van der Waals surface area contributed by atoms with Crippen LogP contribution in [0.3, 0.4) is 0 Å². The third-order valence-electron chi connectivity index (χ3n) is 4.97. The Balaban J connectivity index is 1.64. The van der Waals surface area contributed by atoms with Gasteiger partial charge in [-0.15, -0.1) is 0 Å². The molecule has 148 valence electrons. The Morgan fingerprint density at radius 3 is 1.97 bits per heavy atom. The molecule has 1 heterocycles. The molecule has 1 amide bonds. The van der Waals surface area contributed by atoms with Gasteiger partial charge in [-0.25, -0.2) is 0 Å². The van der Waals surface area contributed by atoms with Crippen LogP contribution in [0.15, 0.2) is 72.8 Å². The number of halogens is 3. The molecule has 1 aliphatic rings. The standard InChI is InChI=1S/C23H18Cl2INO2/c24-17-7-3-15(4-8-17)21-22(16-5-9-18(25)10-6-16)29-20(23(28)27-21)13-14-1-11-19(26)12-2-14/h1-12,20-22H,13H2,(H,27,28)/t20?,21-,22+/m0/s1. The van der Waals surface area contributed by atoms with E-state index in [1.165, 1.54) is 0 Å². The van der Waals surface area contributed by atoms with Crippen LogP contribution in [0.4, 0.5) is 0 Å². The van der Waals surface area contributed by atoms with Crippen molar-refractivity contribution in [1.82, 2.24) is 5.32 Å². The Bertz CT molecular complexity index is 991. The molecule has 0 aliphatic carbocycles. The fraction of sp³-hybridized carbons (Fsp3) is 0.174. The van der Waals surface area contributed by atoms with Crippen LogP contribution in [0.1, 0.15) is 28.8 Å². The van der Waals surface area contributed by atoms with E-state index in [1.807, 2.05) is 72.8 Å². The van der Waals surface area contributed by atoms with E-state index in [9.17, 15) is 4.79 Å². The van der Waals surface area contributed by atoms with Crippen molar-refractivity contribution >= 4 is 51.7 Å². The topological polar surface area (TPSA) is 38.3 Å². The van der Waals surface area contributed by atoms with Gasteiger partial charge in [0.25, 0.3) is 0 Å². The van der Waals surface area contributed by atoms with Crippen molar-refractivity contribution in [3.8, 4) is 0 Å². The van der Waals surface area contributed by atoms with Crippen LogP contribution < -0.4 is 5.32 Å². The van der Waals surface area contributed by atoms with Crippen molar-refractivity contribution in [2.24, 2.45) is 0 Å². The molecule has 3 aromatic rings. The molecule has 6 heteroatoms. The fourth-order valence-electron chi connectivity index (χ4n) is 3.47. The Hall–Kier alpha value is -1.60. The number of ether oxygens (including phenoxy) is 1. The van der Waals surface area contributed by atoms with Crippen molar-refractivity contribution in [2.75, 3.05) is 0 Å². The van der Waals surface area contributed by atoms with Crippen molar-refractivity contribution in [3.05, 3.63) is 103 Å². The summed E-state index contributed by atoms with van der Waals surface area (Å²) >= 11 is 14.4. The molecule has 0 aromatic heterocycles. The summed E-state index contributed by atoms with van der Waals surface area (Å²) in [4.78, 5) is 12.9. The number of nitrogens with one attached hydrogen (secondary N) is 1. The number of carbonyl (C=O) groups is 1. The molecule has 4 rings (SSSR count). The molecule has 29 heavy (non-hydrogen) atoms. The molecule has 1 unspecified atom stereocenters. The van der Waals surface area contributed by atoms with Crippen molar-refractivity contribution < 1.29 is 9.53 Å². The molecule has 1 saturated heterocycles. The first-order chi connectivity index (χ1) is 14.0. The minimum absolute atomic E-state index is 0.117. The van der Waals surface area contributed by atoms with Crippen LogP contribution in [0.25, 0.3) is 0 Å². The van der Waals surface area contributed by atoms with Gasteiger partial charge >= 0.3 is 0 Å². The molecule has 0 saturated carbocycles. The smallest absolute Gasteiger partial charge is 0.250 e. The van der Waals surface area contributed by atoms with E-state index in [0.717, 1.165) is 20.3 Å². The number of hydrogen-bond acceptors (Lipinski definition) is 2. The highest BCUT2D eigenvalue weighted by atomic mass is 127. The number of benzene rings is 3. The summed E-state index contributed by atoms with van der Waals surface area (Å²) in [7, 11) is 0. The summed E-state index contributed by atoms with van der Waals surface area (Å²) < 4.78 is 7.52. The molecule has 3 aromatic carbocycles. The van der Waals surface area contributed by atoms with Gasteiger partial charge in [-0.05, 0) is 75.7 Å². The average Bonchev–Trinajstić information content (AvgIpc) is 2.72. The summed E-state index contributed by atoms with van der Waals surface area (Å²) in [6.45, 7) is 0. The lowest BCUT2D eigenvalue weighted by Gasteiger charge is -2.37. The minimum atomic E-state index is -0.570. The number of rotatable bonds is 4. The number of morpholine rings is 1. The van der Waals surface area contributed by atoms with Crippen LogP contribution in [-0.4, -0.2) is 12.0 Å². The average molecular weight is 538 g/mol. The van der Waals surface area contributed by atoms with Crippen LogP contribution in [0.2, 0.25) is 10.0 Å². The number of amides is 1. The normalized spacial score (nSPS) is 21.6. The zero-order chi connectivity index (χ0) is 20.4. The van der Waals surface area contributed by atoms with Gasteiger partial charge in [0.1, 0.15) is 12.2 Å². The first-order valence-corrected chi connectivity index (χ1v) is 11.0. The van der Waals surface area contributed by atoms with Gasteiger partial charge in [0.05, 0.1) is 6.04 Å². The molecular weight excluding hydrogens is 520 g/mol. The highest BCUT2D eigenvalue weighted by molar-refractivity contribution is 14.1. The van der Waals surface area contributed by atoms with Crippen LogP contribution in [0, 0.1) is 3.57 Å². The summed E-state index contributed by atoms with van der Waals surface area (Å²) in [6, 6.07) is 22.8. The number of hydrogen-bond donors (Lipinski definition) is 1. The van der Waals surface area contributed by atoms with Gasteiger partial charge in [0.15, 0.2) is 0 Å². The predicted molar refractivity (Wildman–Crippen MR) is 124 cm³/mol. The molecule has 1 aliphatic heterocycles. The van der Waals surface area contributed by atoms with Crippen molar-refractivity contribution in [2.45, 2.75) is 24.7 Å².